The highest BCUT2D eigenvalue weighted by Gasteiger charge is 2.21. The highest BCUT2D eigenvalue weighted by Crippen LogP contribution is 2.25. The first-order valence-corrected chi connectivity index (χ1v) is 8.29. The molecule has 0 amide bonds. The van der Waals surface area contributed by atoms with E-state index in [2.05, 4.69) is 21.6 Å². The molecular weight excluding hydrogens is 336 g/mol. The van der Waals surface area contributed by atoms with Crippen LogP contribution in [0.25, 0.3) is 0 Å². The van der Waals surface area contributed by atoms with Gasteiger partial charge in [0.15, 0.2) is 11.2 Å². The fraction of sp³-hybridized carbons (Fsp3) is 0.600. The zero-order valence-corrected chi connectivity index (χ0v) is 16.9. The first-order chi connectivity index (χ1) is 11.5. The Morgan fingerprint density at radius 2 is 1.00 bits per heavy atom. The van der Waals surface area contributed by atoms with E-state index in [1.54, 1.807) is 55.4 Å². The zero-order valence-electron chi connectivity index (χ0n) is 16.9. The molecule has 0 saturated carbocycles. The largest absolute Gasteiger partial charge is 0.386 e. The van der Waals surface area contributed by atoms with Crippen molar-refractivity contribution in [1.29, 1.82) is 0 Å². The van der Waals surface area contributed by atoms with Crippen LogP contribution in [-0.4, -0.2) is 31.9 Å². The van der Waals surface area contributed by atoms with Crippen LogP contribution in [0.4, 0.5) is 0 Å². The fourth-order valence-electron chi connectivity index (χ4n) is 1.63. The molecule has 6 nitrogen and oxygen atoms in total. The highest BCUT2D eigenvalue weighted by atomic mass is 17.1. The lowest BCUT2D eigenvalue weighted by molar-refractivity contribution is -0.297. The quantitative estimate of drug-likeness (QED) is 0.368. The topological polar surface area (TPSA) is 99.4 Å². The van der Waals surface area contributed by atoms with Crippen molar-refractivity contribution in [1.82, 2.24) is 0 Å². The second kappa shape index (κ2) is 8.96. The average molecular weight is 368 g/mol. The van der Waals surface area contributed by atoms with Crippen LogP contribution in [0.1, 0.15) is 66.5 Å². The SMILES string of the molecule is CC(C)(C#CC(C)(C)OO)OO.CC(C)(O)c1cccc(C(C)(C)O)c1. The van der Waals surface area contributed by atoms with Gasteiger partial charge < -0.3 is 10.2 Å². The molecule has 1 aromatic rings. The lowest BCUT2D eigenvalue weighted by Gasteiger charge is -2.22. The molecule has 1 rings (SSSR count). The summed E-state index contributed by atoms with van der Waals surface area (Å²) in [6.45, 7) is 13.3. The third kappa shape index (κ3) is 9.30. The fourth-order valence-corrected chi connectivity index (χ4v) is 1.63. The third-order valence-electron chi connectivity index (χ3n) is 3.40. The van der Waals surface area contributed by atoms with Crippen LogP contribution >= 0.6 is 0 Å². The standard InChI is InChI=1S/C12H18O2.C8H14O4/c1-11(2,13)9-6-5-7-10(8-9)12(3,4)14;1-7(2,11-9)5-6-8(3,4)12-10/h5-8,13-14H,1-4H3;9-10H,1-4H3. The minimum absolute atomic E-state index is 0.817. The van der Waals surface area contributed by atoms with Crippen molar-refractivity contribution in [2.24, 2.45) is 0 Å². The summed E-state index contributed by atoms with van der Waals surface area (Å²) in [5.74, 6) is 5.19. The van der Waals surface area contributed by atoms with Gasteiger partial charge in [-0.05, 0) is 66.5 Å². The molecule has 0 aliphatic carbocycles. The number of hydrogen-bond donors (Lipinski definition) is 4. The summed E-state index contributed by atoms with van der Waals surface area (Å²) in [6.07, 6.45) is 0. The Hall–Kier alpha value is -1.46. The van der Waals surface area contributed by atoms with Crippen LogP contribution in [0.3, 0.4) is 0 Å². The second-order valence-electron chi connectivity index (χ2n) is 8.15. The second-order valence-corrected chi connectivity index (χ2v) is 8.15. The Labute approximate surface area is 156 Å². The summed E-state index contributed by atoms with van der Waals surface area (Å²) >= 11 is 0. The van der Waals surface area contributed by atoms with Gasteiger partial charge in [0, 0.05) is 0 Å². The first kappa shape index (κ1) is 24.5. The Bertz CT molecular complexity index is 575. The molecule has 0 atom stereocenters. The molecule has 0 saturated heterocycles. The van der Waals surface area contributed by atoms with E-state index in [9.17, 15) is 10.2 Å². The summed E-state index contributed by atoms with van der Waals surface area (Å²) in [6, 6.07) is 7.39. The Morgan fingerprint density at radius 1 is 0.692 bits per heavy atom. The molecule has 0 unspecified atom stereocenters. The van der Waals surface area contributed by atoms with E-state index < -0.39 is 22.4 Å². The third-order valence-corrected chi connectivity index (χ3v) is 3.40. The highest BCUT2D eigenvalue weighted by molar-refractivity contribution is 5.30. The molecule has 0 heterocycles. The monoisotopic (exact) mass is 368 g/mol. The molecule has 0 aliphatic rings. The first-order valence-electron chi connectivity index (χ1n) is 8.29. The Morgan fingerprint density at radius 3 is 1.23 bits per heavy atom. The summed E-state index contributed by atoms with van der Waals surface area (Å²) in [5, 5.41) is 36.3. The van der Waals surface area contributed by atoms with Crippen LogP contribution in [-0.2, 0) is 21.0 Å². The van der Waals surface area contributed by atoms with Gasteiger partial charge in [-0.2, -0.15) is 0 Å². The molecule has 4 N–H and O–H groups in total. The predicted molar refractivity (Wildman–Crippen MR) is 100 cm³/mol. The minimum atomic E-state index is -0.949. The van der Waals surface area contributed by atoms with Crippen molar-refractivity contribution in [3.63, 3.8) is 0 Å². The Kier molecular flexibility index (Phi) is 8.45. The molecular formula is C20H32O6. The van der Waals surface area contributed by atoms with E-state index in [4.69, 9.17) is 10.5 Å². The minimum Gasteiger partial charge on any atom is -0.386 e. The van der Waals surface area contributed by atoms with E-state index in [1.807, 2.05) is 24.3 Å². The van der Waals surface area contributed by atoms with Gasteiger partial charge in [0.1, 0.15) is 0 Å². The van der Waals surface area contributed by atoms with E-state index in [0.717, 1.165) is 11.1 Å². The molecule has 0 aromatic heterocycles. The molecule has 1 aromatic carbocycles. The van der Waals surface area contributed by atoms with Gasteiger partial charge >= 0.3 is 0 Å². The van der Waals surface area contributed by atoms with Crippen molar-refractivity contribution in [3.8, 4) is 11.8 Å². The van der Waals surface area contributed by atoms with Crippen molar-refractivity contribution in [3.05, 3.63) is 35.4 Å². The van der Waals surface area contributed by atoms with Gasteiger partial charge in [-0.1, -0.05) is 36.1 Å². The zero-order chi connectivity index (χ0) is 20.8. The van der Waals surface area contributed by atoms with Gasteiger partial charge in [-0.3, -0.25) is 10.5 Å². The number of benzene rings is 1. The van der Waals surface area contributed by atoms with E-state index in [-0.39, 0.29) is 0 Å². The lowest BCUT2D eigenvalue weighted by atomic mass is 9.91. The number of rotatable bonds is 4. The van der Waals surface area contributed by atoms with E-state index in [1.165, 1.54) is 0 Å². The molecule has 148 valence electrons. The van der Waals surface area contributed by atoms with E-state index >= 15 is 0 Å². The van der Waals surface area contributed by atoms with Crippen LogP contribution < -0.4 is 0 Å². The van der Waals surface area contributed by atoms with Crippen LogP contribution in [0, 0.1) is 11.8 Å². The smallest absolute Gasteiger partial charge is 0.158 e. The summed E-state index contributed by atoms with van der Waals surface area (Å²) in [5.41, 5.74) is -1.98. The van der Waals surface area contributed by atoms with Gasteiger partial charge in [-0.15, -0.1) is 0 Å². The molecule has 26 heavy (non-hydrogen) atoms. The van der Waals surface area contributed by atoms with Crippen molar-refractivity contribution < 1.29 is 30.5 Å². The molecule has 0 aliphatic heterocycles. The molecule has 0 radical (unpaired) electrons. The van der Waals surface area contributed by atoms with E-state index in [0.29, 0.717) is 0 Å². The maximum absolute atomic E-state index is 9.80. The van der Waals surface area contributed by atoms with Gasteiger partial charge in [0.05, 0.1) is 11.2 Å². The summed E-state index contributed by atoms with van der Waals surface area (Å²) < 4.78 is 0. The normalized spacial score (nSPS) is 12.6. The van der Waals surface area contributed by atoms with Gasteiger partial charge in [-0.25, -0.2) is 9.78 Å². The van der Waals surface area contributed by atoms with Crippen molar-refractivity contribution >= 4 is 0 Å². The predicted octanol–water partition coefficient (Wildman–Crippen LogP) is 3.67. The summed E-state index contributed by atoms with van der Waals surface area (Å²) in [7, 11) is 0. The Balaban J connectivity index is 0.000000488. The summed E-state index contributed by atoms with van der Waals surface area (Å²) in [4.78, 5) is 8.13. The van der Waals surface area contributed by atoms with Crippen LogP contribution in [0.5, 0.6) is 0 Å². The number of aliphatic hydroxyl groups is 2. The van der Waals surface area contributed by atoms with Crippen LogP contribution in [0.15, 0.2) is 24.3 Å². The van der Waals surface area contributed by atoms with Gasteiger partial charge in [0.2, 0.25) is 0 Å². The maximum atomic E-state index is 9.80. The number of hydrogen-bond acceptors (Lipinski definition) is 6. The maximum Gasteiger partial charge on any atom is 0.158 e. The lowest BCUT2D eigenvalue weighted by Crippen LogP contribution is -2.24. The van der Waals surface area contributed by atoms with Crippen LogP contribution in [0.2, 0.25) is 0 Å². The van der Waals surface area contributed by atoms with Gasteiger partial charge in [0.25, 0.3) is 0 Å². The average Bonchev–Trinajstić information content (AvgIpc) is 2.52. The molecule has 0 bridgehead atoms. The molecule has 6 heteroatoms. The van der Waals surface area contributed by atoms with Crippen molar-refractivity contribution in [2.45, 2.75) is 77.8 Å². The molecule has 0 spiro atoms. The van der Waals surface area contributed by atoms with Crippen molar-refractivity contribution in [2.75, 3.05) is 0 Å². The molecule has 0 fully saturated rings.